The number of ether oxygens (including phenoxy) is 6. The summed E-state index contributed by atoms with van der Waals surface area (Å²) >= 11 is 0. The lowest BCUT2D eigenvalue weighted by atomic mass is 9.92. The normalized spacial score (nSPS) is 18.3. The van der Waals surface area contributed by atoms with Crippen molar-refractivity contribution >= 4 is 56.6 Å². The van der Waals surface area contributed by atoms with Gasteiger partial charge in [0.2, 0.25) is 34.5 Å². The molecule has 16 N–H and O–H groups in total. The van der Waals surface area contributed by atoms with Gasteiger partial charge in [0.25, 0.3) is 0 Å². The number of aliphatic hydroxyl groups is 1. The highest BCUT2D eigenvalue weighted by molar-refractivity contribution is 6.22. The van der Waals surface area contributed by atoms with Crippen LogP contribution in [0.1, 0.15) is 41.4 Å². The third-order valence-electron chi connectivity index (χ3n) is 12.4. The molecule has 0 spiro atoms. The monoisotopic (exact) mass is 1090 g/mol. The van der Waals surface area contributed by atoms with Crippen LogP contribution in [-0.4, -0.2) is 143 Å². The number of phenols is 15. The van der Waals surface area contributed by atoms with Gasteiger partial charge in [0.15, 0.2) is 99.0 Å². The summed E-state index contributed by atoms with van der Waals surface area (Å²) in [4.78, 5) is 83.3. The molecule has 2 aromatic heterocycles. The van der Waals surface area contributed by atoms with Crippen molar-refractivity contribution in [2.24, 2.45) is 0 Å². The smallest absolute Gasteiger partial charge is 0.344 e. The Kier molecular flexibility index (Phi) is 11.5. The SMILES string of the molecule is O=C(O[C@@H]1[C@@H](OC(=O)c2cc(O)c(O)c(O)c2Oc2c(O)cc3c(=O)oc4c(O)c(O)cc5c(=O)oc2c3c45)[C@H](O)O[C@@H]2COC(=O)c3cc(O)c(O)c(O)c3-c3c(cc(O)c(O)c3O)C(=O)O[C@@H]12)c1cc(O)c(O)c(O)c1. The number of benzene rings is 6. The first-order chi connectivity index (χ1) is 36.8. The minimum absolute atomic E-state index is 0.327. The standard InChI is InChI=1S/C48H30O30/c49-15-1-9(2-16(50)27(15)56)42(64)77-40-37-22(8-71-43(65)10-3-17(51)28(57)32(61)23(10)24-11(44(66)74-37)4-18(52)29(58)33(24)62)72-48(70)41(40)78-47(69)14-7-19(53)30(59)34(63)35(14)73-36-21(55)6-13-26-25-12(46(68)76-39(26)36)5-20(54)31(60)38(25)75-45(13)67/h1-7,22,37,40-41,48-63,70H,8H2/t22-,37-,40+,41-,48-/m1/s1. The summed E-state index contributed by atoms with van der Waals surface area (Å²) in [5.41, 5.74) is -10.7. The van der Waals surface area contributed by atoms with Gasteiger partial charge in [-0.1, -0.05) is 0 Å². The van der Waals surface area contributed by atoms with E-state index in [0.29, 0.717) is 36.4 Å². The number of cyclic esters (lactones) is 1. The number of esters is 4. The van der Waals surface area contributed by atoms with Crippen LogP contribution in [0.25, 0.3) is 43.8 Å². The fraction of sp³-hybridized carbons (Fsp3) is 0.125. The van der Waals surface area contributed by atoms with Crippen molar-refractivity contribution in [3.63, 3.8) is 0 Å². The number of aromatic hydroxyl groups is 15. The molecule has 2 aliphatic heterocycles. The number of rotatable bonds is 6. The van der Waals surface area contributed by atoms with Gasteiger partial charge in [-0.05, 0) is 36.4 Å². The summed E-state index contributed by atoms with van der Waals surface area (Å²) in [6, 6.07) is 3.61. The van der Waals surface area contributed by atoms with E-state index >= 15 is 0 Å². The molecule has 5 atom stereocenters. The predicted octanol–water partition coefficient (Wildman–Crippen LogP) is 2.40. The largest absolute Gasteiger partial charge is 0.504 e. The van der Waals surface area contributed by atoms with Gasteiger partial charge >= 0.3 is 35.1 Å². The number of fused-ring (bicyclic) bond motifs is 4. The zero-order valence-corrected chi connectivity index (χ0v) is 38.0. The summed E-state index contributed by atoms with van der Waals surface area (Å²) in [6.45, 7) is -1.25. The summed E-state index contributed by atoms with van der Waals surface area (Å²) in [5, 5.41) is 169. The zero-order valence-electron chi connectivity index (χ0n) is 38.0. The Bertz CT molecular complexity index is 4070. The van der Waals surface area contributed by atoms with Crippen molar-refractivity contribution in [2.45, 2.75) is 30.7 Å². The van der Waals surface area contributed by atoms with E-state index in [1.165, 1.54) is 0 Å². The van der Waals surface area contributed by atoms with Crippen LogP contribution in [0.5, 0.6) is 97.7 Å². The summed E-state index contributed by atoms with van der Waals surface area (Å²) in [7, 11) is 0. The lowest BCUT2D eigenvalue weighted by Gasteiger charge is -2.42. The molecular formula is C48H30O30. The maximum atomic E-state index is 14.6. The van der Waals surface area contributed by atoms with E-state index < -0.39 is 236 Å². The number of hydrogen-bond acceptors (Lipinski definition) is 30. The van der Waals surface area contributed by atoms with Crippen LogP contribution in [0.4, 0.5) is 0 Å². The molecule has 4 heterocycles. The zero-order chi connectivity index (χ0) is 56.4. The molecule has 0 bridgehead atoms. The van der Waals surface area contributed by atoms with Crippen molar-refractivity contribution in [3.05, 3.63) is 85.6 Å². The molecule has 30 heteroatoms. The van der Waals surface area contributed by atoms with Crippen LogP contribution in [0, 0.1) is 0 Å². The van der Waals surface area contributed by atoms with Crippen molar-refractivity contribution in [1.29, 1.82) is 0 Å². The second kappa shape index (κ2) is 17.8. The van der Waals surface area contributed by atoms with Crippen LogP contribution in [0.3, 0.4) is 0 Å². The van der Waals surface area contributed by atoms with E-state index in [-0.39, 0.29) is 0 Å². The van der Waals surface area contributed by atoms with Gasteiger partial charge in [-0.15, -0.1) is 0 Å². The van der Waals surface area contributed by atoms with Crippen molar-refractivity contribution in [1.82, 2.24) is 0 Å². The number of aliphatic hydroxyl groups excluding tert-OH is 1. The molecule has 0 unspecified atom stereocenters. The van der Waals surface area contributed by atoms with Gasteiger partial charge in [-0.3, -0.25) is 0 Å². The van der Waals surface area contributed by atoms with E-state index in [1.54, 1.807) is 0 Å². The van der Waals surface area contributed by atoms with Crippen LogP contribution in [0.2, 0.25) is 0 Å². The second-order valence-corrected chi connectivity index (χ2v) is 17.0. The van der Waals surface area contributed by atoms with E-state index in [1.807, 2.05) is 0 Å². The third-order valence-corrected chi connectivity index (χ3v) is 12.4. The highest BCUT2D eigenvalue weighted by Gasteiger charge is 2.54. The molecule has 402 valence electrons. The molecular weight excluding hydrogens is 1060 g/mol. The molecule has 0 saturated carbocycles. The molecule has 1 fully saturated rings. The molecule has 6 aromatic carbocycles. The van der Waals surface area contributed by atoms with Gasteiger partial charge in [0.05, 0.1) is 27.5 Å². The maximum Gasteiger partial charge on any atom is 0.344 e. The Morgan fingerprint density at radius 3 is 1.58 bits per heavy atom. The second-order valence-electron chi connectivity index (χ2n) is 17.0. The number of carbonyl (C=O) groups excluding carboxylic acids is 4. The lowest BCUT2D eigenvalue weighted by molar-refractivity contribution is -0.284. The molecule has 0 amide bonds. The molecule has 10 rings (SSSR count). The van der Waals surface area contributed by atoms with Crippen LogP contribution >= 0.6 is 0 Å². The molecule has 2 aliphatic rings. The first-order valence-corrected chi connectivity index (χ1v) is 21.6. The Morgan fingerprint density at radius 2 is 0.974 bits per heavy atom. The molecule has 78 heavy (non-hydrogen) atoms. The van der Waals surface area contributed by atoms with Gasteiger partial charge < -0.3 is 119 Å². The lowest BCUT2D eigenvalue weighted by Crippen LogP contribution is -2.62. The van der Waals surface area contributed by atoms with Crippen molar-refractivity contribution in [3.8, 4) is 109 Å². The predicted molar refractivity (Wildman–Crippen MR) is 246 cm³/mol. The van der Waals surface area contributed by atoms with Crippen LogP contribution in [0.15, 0.2) is 60.9 Å². The van der Waals surface area contributed by atoms with E-state index in [2.05, 4.69) is 0 Å². The van der Waals surface area contributed by atoms with Crippen molar-refractivity contribution in [2.75, 3.05) is 6.61 Å². The fourth-order valence-electron chi connectivity index (χ4n) is 8.73. The molecule has 0 radical (unpaired) electrons. The Balaban J connectivity index is 1.11. The first kappa shape index (κ1) is 50.4. The highest BCUT2D eigenvalue weighted by atomic mass is 16.7. The Hall–Kier alpha value is -11.1. The molecule has 30 nitrogen and oxygen atoms in total. The van der Waals surface area contributed by atoms with Gasteiger partial charge in [-0.2, -0.15) is 0 Å². The summed E-state index contributed by atoms with van der Waals surface area (Å²) in [6.07, 6.45) is -12.5. The summed E-state index contributed by atoms with van der Waals surface area (Å²) < 4.78 is 43.8. The van der Waals surface area contributed by atoms with Crippen LogP contribution in [-0.2, 0) is 23.7 Å². The number of hydrogen-bond donors (Lipinski definition) is 16. The minimum atomic E-state index is -2.70. The first-order valence-electron chi connectivity index (χ1n) is 21.6. The van der Waals surface area contributed by atoms with Crippen molar-refractivity contribution < 1.29 is 138 Å². The maximum absolute atomic E-state index is 14.6. The highest BCUT2D eigenvalue weighted by Crippen LogP contribution is 2.54. The van der Waals surface area contributed by atoms with E-state index in [0.717, 1.165) is 6.07 Å². The average Bonchev–Trinajstić information content (AvgIpc) is 3.50. The molecule has 0 aliphatic carbocycles. The quantitative estimate of drug-likeness (QED) is 0.0374. The average molecular weight is 1090 g/mol. The Labute approximate surface area is 425 Å². The number of carbonyl (C=O) groups is 4. The Morgan fingerprint density at radius 1 is 0.487 bits per heavy atom. The molecule has 8 aromatic rings. The van der Waals surface area contributed by atoms with Crippen LogP contribution < -0.4 is 16.0 Å². The van der Waals surface area contributed by atoms with Gasteiger partial charge in [0, 0.05) is 28.0 Å². The minimum Gasteiger partial charge on any atom is -0.504 e. The number of phenolic OH excluding ortho intramolecular Hbond substituents is 15. The summed E-state index contributed by atoms with van der Waals surface area (Å²) in [5.74, 6) is -28.6. The van der Waals surface area contributed by atoms with Gasteiger partial charge in [0.1, 0.15) is 18.3 Å². The molecule has 1 saturated heterocycles. The van der Waals surface area contributed by atoms with E-state index in [4.69, 9.17) is 37.3 Å². The van der Waals surface area contributed by atoms with E-state index in [9.17, 15) is 110 Å². The third kappa shape index (κ3) is 7.66. The van der Waals surface area contributed by atoms with Gasteiger partial charge in [-0.25, -0.2) is 28.8 Å². The fourth-order valence-corrected chi connectivity index (χ4v) is 8.73. The topological polar surface area (TPSA) is 508 Å².